The molecule has 2 aliphatic heterocycles. The van der Waals surface area contributed by atoms with Gasteiger partial charge in [0.05, 0.1) is 30.2 Å². The Labute approximate surface area is 426 Å². The Morgan fingerprint density at radius 3 is 2.51 bits per heavy atom. The van der Waals surface area contributed by atoms with Crippen LogP contribution in [-0.2, 0) is 48.2 Å². The van der Waals surface area contributed by atoms with E-state index in [-0.39, 0.29) is 48.1 Å². The van der Waals surface area contributed by atoms with Crippen LogP contribution in [-0.4, -0.2) is 117 Å². The number of carbonyl (C=O) groups excluding carboxylic acids is 2. The minimum atomic E-state index is -5.85. The van der Waals surface area contributed by atoms with Crippen molar-refractivity contribution in [2.24, 2.45) is 0 Å². The summed E-state index contributed by atoms with van der Waals surface area (Å²) < 4.78 is 56.5. The van der Waals surface area contributed by atoms with Crippen LogP contribution in [0, 0.1) is 11.8 Å². The maximum Gasteiger partial charge on any atom is 0.487 e. The van der Waals surface area contributed by atoms with Crippen molar-refractivity contribution in [1.29, 1.82) is 0 Å². The first-order valence-corrected chi connectivity index (χ1v) is 28.3. The third kappa shape index (κ3) is 11.8. The molecule has 0 saturated carbocycles. The van der Waals surface area contributed by atoms with E-state index < -0.39 is 48.5 Å². The van der Waals surface area contributed by atoms with Crippen molar-refractivity contribution in [3.8, 4) is 11.8 Å². The molecule has 6 atom stereocenters. The highest BCUT2D eigenvalue weighted by Crippen LogP contribution is 2.65. The number of ether oxygens (including phenoxy) is 1. The van der Waals surface area contributed by atoms with Gasteiger partial charge in [0.2, 0.25) is 11.3 Å². The Morgan fingerprint density at radius 1 is 1.03 bits per heavy atom. The number of nitrogen functional groups attached to an aromatic ring is 1. The normalized spacial score (nSPS) is 20.2. The molecule has 3 aliphatic rings. The summed E-state index contributed by atoms with van der Waals surface area (Å²) in [5, 5.41) is 16.2. The number of anilines is 2. The highest BCUT2D eigenvalue weighted by atomic mass is 31.3. The van der Waals surface area contributed by atoms with Gasteiger partial charge in [0.1, 0.15) is 43.2 Å². The first-order valence-electron chi connectivity index (χ1n) is 23.8. The van der Waals surface area contributed by atoms with Crippen LogP contribution in [0.4, 0.5) is 11.5 Å². The van der Waals surface area contributed by atoms with Gasteiger partial charge < -0.3 is 54.8 Å². The average Bonchev–Trinajstić information content (AvgIpc) is 3.90. The summed E-state index contributed by atoms with van der Waals surface area (Å²) in [4.78, 5) is 78.4. The summed E-state index contributed by atoms with van der Waals surface area (Å²) in [6.45, 7) is 8.09. The summed E-state index contributed by atoms with van der Waals surface area (Å²) >= 11 is 0. The Hall–Kier alpha value is -5.62. The number of hydrogen-bond donors (Lipinski definition) is 6. The fourth-order valence-electron chi connectivity index (χ4n) is 9.85. The fraction of sp³-hybridized carbons (Fsp3) is 0.408. The minimum Gasteiger partial charge on any atom is -0.756 e. The number of benzene rings is 3. The quantitative estimate of drug-likeness (QED) is 0.0443. The van der Waals surface area contributed by atoms with E-state index in [0.717, 1.165) is 53.5 Å². The second kappa shape index (κ2) is 21.5. The Balaban J connectivity index is 0.926. The molecule has 1 aliphatic carbocycles. The van der Waals surface area contributed by atoms with Crippen LogP contribution < -0.4 is 36.0 Å². The number of phosphoric ester groups is 1. The van der Waals surface area contributed by atoms with Gasteiger partial charge in [-0.15, -0.1) is 0 Å². The lowest BCUT2D eigenvalue weighted by molar-refractivity contribution is -0.212. The van der Waals surface area contributed by atoms with Gasteiger partial charge in [-0.3, -0.25) is 18.7 Å². The molecule has 0 radical (unpaired) electrons. The topological polar surface area (TPSA) is 304 Å². The van der Waals surface area contributed by atoms with E-state index in [0.29, 0.717) is 29.5 Å². The van der Waals surface area contributed by atoms with Crippen LogP contribution in [0.2, 0.25) is 0 Å². The van der Waals surface area contributed by atoms with Gasteiger partial charge in [0.15, 0.2) is 0 Å². The van der Waals surface area contributed by atoms with Crippen molar-refractivity contribution in [1.82, 2.24) is 29.3 Å². The van der Waals surface area contributed by atoms with Crippen LogP contribution in [0.15, 0.2) is 67.1 Å². The number of fused-ring (bicyclic) bond motifs is 4. The third-order valence-electron chi connectivity index (χ3n) is 13.5. The number of aliphatic hydroxyl groups is 1. The van der Waals surface area contributed by atoms with Crippen molar-refractivity contribution >= 4 is 63.4 Å². The molecule has 22 nitrogen and oxygen atoms in total. The summed E-state index contributed by atoms with van der Waals surface area (Å²) in [6, 6.07) is 19.1. The van der Waals surface area contributed by atoms with Crippen molar-refractivity contribution < 1.29 is 65.8 Å². The third-order valence-corrected chi connectivity index (χ3v) is 17.2. The predicted octanol–water partition coefficient (Wildman–Crippen LogP) is 2.80. The van der Waals surface area contributed by atoms with Crippen LogP contribution in [0.1, 0.15) is 96.4 Å². The number of amides is 2. The Morgan fingerprint density at radius 2 is 1.78 bits per heavy atom. The van der Waals surface area contributed by atoms with Crippen molar-refractivity contribution in [2.75, 3.05) is 64.6 Å². The van der Waals surface area contributed by atoms with Crippen LogP contribution in [0.25, 0.3) is 16.6 Å². The van der Waals surface area contributed by atoms with Crippen LogP contribution in [0.5, 0.6) is 0 Å². The number of nitrogens with one attached hydrogen (secondary N) is 1. The SMILES string of the molecule is CC[N+]1=c2cc3c(cc2CCC1)=C(c1ccccc1C(=O)N(C)CCCC(=O)NCC#Cc1cn([C@H]2C[C@H](O)[C@@H](COP(=O)(O)OP(=O)(O)OP(=O)([O-])O)O2)c2ncnc(N)c12)c1ccc(N(C)C)cc1C3(C)C. The molecule has 7 N–H and O–H groups in total. The number of aliphatic hydroxyl groups excluding tert-OH is 1. The highest BCUT2D eigenvalue weighted by molar-refractivity contribution is 7.66. The zero-order chi connectivity index (χ0) is 53.5. The molecule has 0 bridgehead atoms. The van der Waals surface area contributed by atoms with Gasteiger partial charge in [0.25, 0.3) is 13.7 Å². The summed E-state index contributed by atoms with van der Waals surface area (Å²) in [5.74, 6) is 5.48. The summed E-state index contributed by atoms with van der Waals surface area (Å²) in [5.41, 5.74) is 14.8. The van der Waals surface area contributed by atoms with Gasteiger partial charge in [-0.25, -0.2) is 28.0 Å². The lowest BCUT2D eigenvalue weighted by Crippen LogP contribution is -2.43. The molecule has 394 valence electrons. The van der Waals surface area contributed by atoms with Crippen molar-refractivity contribution in [3.63, 3.8) is 0 Å². The predicted molar refractivity (Wildman–Crippen MR) is 272 cm³/mol. The monoisotopic (exact) mass is 1080 g/mol. The Bertz CT molecular complexity index is 3390. The van der Waals surface area contributed by atoms with E-state index in [1.807, 2.05) is 38.4 Å². The number of aryl methyl sites for hydroxylation is 1. The molecule has 2 amide bonds. The van der Waals surface area contributed by atoms with E-state index in [1.54, 1.807) is 11.9 Å². The molecule has 0 spiro atoms. The van der Waals surface area contributed by atoms with Crippen LogP contribution >= 0.6 is 23.5 Å². The summed E-state index contributed by atoms with van der Waals surface area (Å²) in [6.07, 6.45) is 1.55. The molecule has 8 rings (SSSR count). The number of hydrogen-bond acceptors (Lipinski definition) is 15. The number of aromatic nitrogens is 3. The summed E-state index contributed by atoms with van der Waals surface area (Å²) in [7, 11) is -11.4. The number of phosphoric acid groups is 3. The highest BCUT2D eigenvalue weighted by Gasteiger charge is 2.42. The molecule has 3 aromatic carbocycles. The maximum atomic E-state index is 14.5. The molecule has 1 saturated heterocycles. The van der Waals surface area contributed by atoms with E-state index >= 15 is 0 Å². The standard InChI is InChI=1S/C49H59N8O14P3/c1-7-56-22-11-14-30-23-36-38(25-39(30)56)49(2,3)37-24-32(54(4)5)18-19-35(37)45(36)33-15-8-9-16-34(33)48(60)55(6)21-12-17-42(59)51-20-10-13-31-27-57(47-44(31)46(50)52-29-53-47)43-26-40(58)41(69-43)28-68-73(64,65)71-74(66,67)70-72(61,62)63/h8-9,15-16,18-19,23-25,27,29,40-41,43,58H,7,11-12,14,17,20-22,26,28H2,1-6H3,(H6-,50,51,52,53,59,61,62,63,64,65,66,67)/t40-,41+,43+/m0/s1. The van der Waals surface area contributed by atoms with Gasteiger partial charge in [-0.1, -0.05) is 50.0 Å². The molecule has 1 fully saturated rings. The molecule has 2 aromatic heterocycles. The van der Waals surface area contributed by atoms with Crippen molar-refractivity contribution in [3.05, 3.63) is 117 Å². The molecule has 4 heterocycles. The maximum absolute atomic E-state index is 14.5. The molecular weight excluding hydrogens is 1020 g/mol. The molecule has 74 heavy (non-hydrogen) atoms. The molecule has 25 heteroatoms. The fourth-order valence-corrected chi connectivity index (χ4v) is 12.9. The van der Waals surface area contributed by atoms with Gasteiger partial charge in [-0.05, 0) is 77.1 Å². The average molecular weight is 1080 g/mol. The number of nitrogens with two attached hydrogens (primary N) is 1. The van der Waals surface area contributed by atoms with Crippen LogP contribution in [0.3, 0.4) is 0 Å². The number of carbonyl (C=O) groups is 2. The van der Waals surface area contributed by atoms with Gasteiger partial charge >= 0.3 is 15.6 Å². The van der Waals surface area contributed by atoms with E-state index in [4.69, 9.17) is 15.4 Å². The first kappa shape index (κ1) is 54.6. The molecule has 5 aromatic rings. The van der Waals surface area contributed by atoms with E-state index in [2.05, 4.69) is 101 Å². The lowest BCUT2D eigenvalue weighted by atomic mass is 9.68. The molecular formula is C49H59N8O14P3. The largest absolute Gasteiger partial charge is 0.756 e. The van der Waals surface area contributed by atoms with Gasteiger partial charge in [0, 0.05) is 81.4 Å². The zero-order valence-corrected chi connectivity index (χ0v) is 44.3. The van der Waals surface area contributed by atoms with E-state index in [9.17, 15) is 43.1 Å². The minimum absolute atomic E-state index is 0.0485. The second-order valence-electron chi connectivity index (χ2n) is 19.0. The smallest absolute Gasteiger partial charge is 0.487 e. The van der Waals surface area contributed by atoms with Crippen molar-refractivity contribution in [2.45, 2.75) is 76.7 Å². The second-order valence-corrected chi connectivity index (χ2v) is 23.4. The van der Waals surface area contributed by atoms with E-state index in [1.165, 1.54) is 39.1 Å². The first-order chi connectivity index (χ1) is 34.9. The van der Waals surface area contributed by atoms with Gasteiger partial charge in [-0.2, -0.15) is 4.31 Å². The molecule has 3 unspecified atom stereocenters. The Kier molecular flexibility index (Phi) is 15.9. The zero-order valence-electron chi connectivity index (χ0n) is 41.6. The number of nitrogens with zero attached hydrogens (tertiary/aromatic N) is 6. The number of rotatable bonds is 17. The lowest BCUT2D eigenvalue weighted by Gasteiger charge is -2.36.